The van der Waals surface area contributed by atoms with Crippen molar-refractivity contribution in [3.05, 3.63) is 0 Å². The molecule has 2 heteroatoms. The second-order valence-electron chi connectivity index (χ2n) is 4.93. The third-order valence-electron chi connectivity index (χ3n) is 3.75. The van der Waals surface area contributed by atoms with Crippen LogP contribution in [0.1, 0.15) is 45.4 Å². The SMILES string of the molecule is CCC1(O)CC2CCC(N)(C2)C1. The summed E-state index contributed by atoms with van der Waals surface area (Å²) in [6.45, 7) is 2.06. The topological polar surface area (TPSA) is 46.2 Å². The zero-order valence-electron chi connectivity index (χ0n) is 7.84. The van der Waals surface area contributed by atoms with Crippen LogP contribution in [0.3, 0.4) is 0 Å². The van der Waals surface area contributed by atoms with Crippen molar-refractivity contribution in [2.75, 3.05) is 0 Å². The average Bonchev–Trinajstić information content (AvgIpc) is 2.26. The molecule has 2 fully saturated rings. The predicted octanol–water partition coefficient (Wildman–Crippen LogP) is 1.42. The first-order valence-corrected chi connectivity index (χ1v) is 5.07. The second-order valence-corrected chi connectivity index (χ2v) is 4.93. The first-order chi connectivity index (χ1) is 5.55. The van der Waals surface area contributed by atoms with Gasteiger partial charge in [-0.1, -0.05) is 6.92 Å². The van der Waals surface area contributed by atoms with Crippen molar-refractivity contribution in [1.82, 2.24) is 0 Å². The van der Waals surface area contributed by atoms with Gasteiger partial charge >= 0.3 is 0 Å². The molecule has 0 aromatic heterocycles. The third-order valence-corrected chi connectivity index (χ3v) is 3.75. The minimum atomic E-state index is -0.436. The van der Waals surface area contributed by atoms with E-state index in [-0.39, 0.29) is 5.54 Å². The van der Waals surface area contributed by atoms with Crippen LogP contribution in [0.2, 0.25) is 0 Å². The molecule has 3 unspecified atom stereocenters. The van der Waals surface area contributed by atoms with Crippen LogP contribution in [0.4, 0.5) is 0 Å². The number of fused-ring (bicyclic) bond motifs is 2. The van der Waals surface area contributed by atoms with Crippen molar-refractivity contribution in [2.24, 2.45) is 11.7 Å². The Hall–Kier alpha value is -0.0800. The van der Waals surface area contributed by atoms with Crippen LogP contribution in [0.15, 0.2) is 0 Å². The maximum absolute atomic E-state index is 10.1. The Morgan fingerprint density at radius 3 is 2.83 bits per heavy atom. The van der Waals surface area contributed by atoms with Gasteiger partial charge in [0.05, 0.1) is 5.60 Å². The molecule has 3 N–H and O–H groups in total. The molecule has 0 aromatic rings. The fourth-order valence-corrected chi connectivity index (χ4v) is 3.14. The number of hydrogen-bond acceptors (Lipinski definition) is 2. The number of hydrogen-bond donors (Lipinski definition) is 2. The molecular weight excluding hydrogens is 150 g/mol. The summed E-state index contributed by atoms with van der Waals surface area (Å²) in [6.07, 6.45) is 6.19. The van der Waals surface area contributed by atoms with Crippen LogP contribution in [0.5, 0.6) is 0 Å². The summed E-state index contributed by atoms with van der Waals surface area (Å²) in [5.74, 6) is 0.702. The van der Waals surface area contributed by atoms with E-state index in [4.69, 9.17) is 5.73 Å². The summed E-state index contributed by atoms with van der Waals surface area (Å²) in [6, 6.07) is 0. The normalized spacial score (nSPS) is 52.8. The Bertz CT molecular complexity index is 194. The van der Waals surface area contributed by atoms with Gasteiger partial charge < -0.3 is 10.8 Å². The van der Waals surface area contributed by atoms with Gasteiger partial charge in [0.15, 0.2) is 0 Å². The molecule has 70 valence electrons. The standard InChI is InChI=1S/C10H19NO/c1-2-10(12)6-8-3-4-9(11,5-8)7-10/h8,12H,2-7,11H2,1H3. The van der Waals surface area contributed by atoms with Crippen molar-refractivity contribution in [3.8, 4) is 0 Å². The van der Waals surface area contributed by atoms with Crippen molar-refractivity contribution < 1.29 is 5.11 Å². The predicted molar refractivity (Wildman–Crippen MR) is 48.7 cm³/mol. The fraction of sp³-hybridized carbons (Fsp3) is 1.00. The van der Waals surface area contributed by atoms with E-state index in [1.54, 1.807) is 0 Å². The van der Waals surface area contributed by atoms with Crippen LogP contribution >= 0.6 is 0 Å². The highest BCUT2D eigenvalue weighted by Gasteiger charge is 2.48. The van der Waals surface area contributed by atoms with Gasteiger partial charge in [0.25, 0.3) is 0 Å². The highest BCUT2D eigenvalue weighted by Crippen LogP contribution is 2.48. The van der Waals surface area contributed by atoms with Gasteiger partial charge in [-0.3, -0.25) is 0 Å². The van der Waals surface area contributed by atoms with Crippen molar-refractivity contribution >= 4 is 0 Å². The molecule has 2 nitrogen and oxygen atoms in total. The molecule has 2 rings (SSSR count). The summed E-state index contributed by atoms with van der Waals surface area (Å²) in [5, 5.41) is 10.1. The summed E-state index contributed by atoms with van der Waals surface area (Å²) in [4.78, 5) is 0. The van der Waals surface area contributed by atoms with Crippen LogP contribution in [0, 0.1) is 5.92 Å². The zero-order chi connectivity index (χ0) is 8.82. The Morgan fingerprint density at radius 2 is 2.25 bits per heavy atom. The highest BCUT2D eigenvalue weighted by atomic mass is 16.3. The molecular formula is C10H19NO. The lowest BCUT2D eigenvalue weighted by Crippen LogP contribution is -2.49. The lowest BCUT2D eigenvalue weighted by molar-refractivity contribution is -0.0298. The van der Waals surface area contributed by atoms with Gasteiger partial charge in [0, 0.05) is 5.54 Å². The molecule has 0 spiro atoms. The molecule has 0 heterocycles. The summed E-state index contributed by atoms with van der Waals surface area (Å²) in [5.41, 5.74) is 5.73. The van der Waals surface area contributed by atoms with Crippen molar-refractivity contribution in [1.29, 1.82) is 0 Å². The van der Waals surface area contributed by atoms with Gasteiger partial charge in [-0.25, -0.2) is 0 Å². The van der Waals surface area contributed by atoms with E-state index < -0.39 is 5.60 Å². The smallest absolute Gasteiger partial charge is 0.0665 e. The lowest BCUT2D eigenvalue weighted by Gasteiger charge is -2.40. The molecule has 12 heavy (non-hydrogen) atoms. The zero-order valence-corrected chi connectivity index (χ0v) is 7.84. The van der Waals surface area contributed by atoms with E-state index >= 15 is 0 Å². The number of rotatable bonds is 1. The van der Waals surface area contributed by atoms with E-state index in [1.165, 1.54) is 6.42 Å². The first kappa shape index (κ1) is 8.52. The molecule has 0 amide bonds. The third kappa shape index (κ3) is 1.27. The van der Waals surface area contributed by atoms with Crippen LogP contribution in [-0.4, -0.2) is 16.2 Å². The molecule has 0 aliphatic heterocycles. The number of nitrogens with two attached hydrogens (primary N) is 1. The molecule has 0 saturated heterocycles. The molecule has 2 bridgehead atoms. The molecule has 2 aliphatic rings. The second kappa shape index (κ2) is 2.46. The Balaban J connectivity index is 2.16. The van der Waals surface area contributed by atoms with E-state index in [0.717, 1.165) is 32.1 Å². The summed E-state index contributed by atoms with van der Waals surface area (Å²) in [7, 11) is 0. The maximum Gasteiger partial charge on any atom is 0.0665 e. The van der Waals surface area contributed by atoms with Gasteiger partial charge in [-0.2, -0.15) is 0 Å². The molecule has 0 radical (unpaired) electrons. The lowest BCUT2D eigenvalue weighted by atomic mass is 9.73. The average molecular weight is 169 g/mol. The van der Waals surface area contributed by atoms with E-state index in [2.05, 4.69) is 6.92 Å². The summed E-state index contributed by atoms with van der Waals surface area (Å²) >= 11 is 0. The summed E-state index contributed by atoms with van der Waals surface area (Å²) < 4.78 is 0. The minimum Gasteiger partial charge on any atom is -0.390 e. The van der Waals surface area contributed by atoms with Gasteiger partial charge in [-0.15, -0.1) is 0 Å². The Labute approximate surface area is 74.1 Å². The van der Waals surface area contributed by atoms with Crippen LogP contribution in [-0.2, 0) is 0 Å². The van der Waals surface area contributed by atoms with Gasteiger partial charge in [0.1, 0.15) is 0 Å². The highest BCUT2D eigenvalue weighted by molar-refractivity contribution is 5.05. The molecule has 0 aromatic carbocycles. The Morgan fingerprint density at radius 1 is 1.50 bits per heavy atom. The van der Waals surface area contributed by atoms with E-state index in [9.17, 15) is 5.11 Å². The van der Waals surface area contributed by atoms with Crippen LogP contribution in [0.25, 0.3) is 0 Å². The van der Waals surface area contributed by atoms with E-state index in [0.29, 0.717) is 5.92 Å². The maximum atomic E-state index is 10.1. The van der Waals surface area contributed by atoms with Crippen LogP contribution < -0.4 is 5.73 Å². The monoisotopic (exact) mass is 169 g/mol. The molecule has 2 aliphatic carbocycles. The molecule has 3 atom stereocenters. The van der Waals surface area contributed by atoms with Gasteiger partial charge in [0.2, 0.25) is 0 Å². The van der Waals surface area contributed by atoms with Gasteiger partial charge in [-0.05, 0) is 44.4 Å². The van der Waals surface area contributed by atoms with Crippen molar-refractivity contribution in [3.63, 3.8) is 0 Å². The first-order valence-electron chi connectivity index (χ1n) is 5.07. The minimum absolute atomic E-state index is 0.0202. The largest absolute Gasteiger partial charge is 0.390 e. The Kier molecular flexibility index (Phi) is 1.74. The van der Waals surface area contributed by atoms with E-state index in [1.807, 2.05) is 0 Å². The molecule has 2 saturated carbocycles. The fourth-order valence-electron chi connectivity index (χ4n) is 3.14. The number of aliphatic hydroxyl groups is 1. The van der Waals surface area contributed by atoms with Crippen molar-refractivity contribution in [2.45, 2.75) is 56.6 Å². The quantitative estimate of drug-likeness (QED) is 0.623.